The zero-order chi connectivity index (χ0) is 15.0. The van der Waals surface area contributed by atoms with Crippen molar-refractivity contribution < 1.29 is 14.4 Å². The largest absolute Gasteiger partial charge is 0.478 e. The number of benzene rings is 1. The number of rotatable bonds is 4. The monoisotopic (exact) mass is 285 g/mol. The van der Waals surface area contributed by atoms with Crippen molar-refractivity contribution in [2.75, 3.05) is 0 Å². The van der Waals surface area contributed by atoms with Crippen LogP contribution in [-0.2, 0) is 13.0 Å². The van der Waals surface area contributed by atoms with Crippen LogP contribution in [0, 0.1) is 6.92 Å². The molecule has 0 atom stereocenters. The van der Waals surface area contributed by atoms with Crippen molar-refractivity contribution in [3.05, 3.63) is 47.1 Å². The molecule has 1 aromatic carbocycles. The highest BCUT2D eigenvalue weighted by Crippen LogP contribution is 2.20. The van der Waals surface area contributed by atoms with E-state index in [1.807, 2.05) is 24.5 Å². The van der Waals surface area contributed by atoms with E-state index in [-0.39, 0.29) is 5.56 Å². The van der Waals surface area contributed by atoms with Gasteiger partial charge in [0.15, 0.2) is 5.76 Å². The van der Waals surface area contributed by atoms with E-state index in [0.717, 1.165) is 29.2 Å². The molecule has 0 aliphatic rings. The van der Waals surface area contributed by atoms with Gasteiger partial charge in [0.2, 0.25) is 0 Å². The zero-order valence-corrected chi connectivity index (χ0v) is 11.8. The molecule has 108 valence electrons. The first-order valence-corrected chi connectivity index (χ1v) is 6.73. The molecule has 1 N–H and O–H groups in total. The molecule has 0 saturated carbocycles. The lowest BCUT2D eigenvalue weighted by Crippen LogP contribution is -2.03. The van der Waals surface area contributed by atoms with Crippen molar-refractivity contribution in [1.29, 1.82) is 0 Å². The number of hydrogen-bond donors (Lipinski definition) is 1. The summed E-state index contributed by atoms with van der Waals surface area (Å²) in [5, 5.41) is 12.9. The lowest BCUT2D eigenvalue weighted by Gasteiger charge is -2.05. The van der Waals surface area contributed by atoms with Gasteiger partial charge in [0.05, 0.1) is 28.8 Å². The topological polar surface area (TPSA) is 81.1 Å². The fourth-order valence-corrected chi connectivity index (χ4v) is 2.41. The Morgan fingerprint density at radius 1 is 1.38 bits per heavy atom. The van der Waals surface area contributed by atoms with Crippen molar-refractivity contribution in [1.82, 2.24) is 14.7 Å². The first kappa shape index (κ1) is 13.4. The summed E-state index contributed by atoms with van der Waals surface area (Å²) in [4.78, 5) is 15.6. The molecule has 0 spiro atoms. The highest BCUT2D eigenvalue weighted by Gasteiger charge is 2.14. The Bertz CT molecular complexity index is 817. The molecule has 3 aromatic rings. The van der Waals surface area contributed by atoms with Gasteiger partial charge in [0.1, 0.15) is 5.82 Å². The molecule has 0 bridgehead atoms. The Kier molecular flexibility index (Phi) is 3.21. The van der Waals surface area contributed by atoms with Crippen LogP contribution in [0.3, 0.4) is 0 Å². The van der Waals surface area contributed by atoms with Crippen LogP contribution >= 0.6 is 0 Å². The van der Waals surface area contributed by atoms with Crippen LogP contribution in [0.5, 0.6) is 0 Å². The van der Waals surface area contributed by atoms with Gasteiger partial charge in [0.25, 0.3) is 0 Å². The van der Waals surface area contributed by atoms with Crippen LogP contribution in [0.15, 0.2) is 28.8 Å². The molecular formula is C15H15N3O3. The van der Waals surface area contributed by atoms with Crippen LogP contribution in [0.4, 0.5) is 0 Å². The van der Waals surface area contributed by atoms with Crippen LogP contribution in [0.1, 0.15) is 34.6 Å². The number of carboxylic acids is 1. The van der Waals surface area contributed by atoms with Crippen molar-refractivity contribution in [3.8, 4) is 0 Å². The number of carbonyl (C=O) groups is 1. The summed E-state index contributed by atoms with van der Waals surface area (Å²) < 4.78 is 7.28. The number of carboxylic acid groups (broad SMARTS) is 1. The number of hydrogen-bond acceptors (Lipinski definition) is 4. The van der Waals surface area contributed by atoms with Gasteiger partial charge in [-0.1, -0.05) is 12.1 Å². The number of nitrogens with zero attached hydrogens (tertiary/aromatic N) is 3. The minimum Gasteiger partial charge on any atom is -0.478 e. The minimum absolute atomic E-state index is 0.241. The third kappa shape index (κ3) is 2.40. The molecule has 0 unspecified atom stereocenters. The van der Waals surface area contributed by atoms with Gasteiger partial charge < -0.3 is 14.2 Å². The second kappa shape index (κ2) is 5.05. The van der Waals surface area contributed by atoms with E-state index in [0.29, 0.717) is 12.1 Å². The quantitative estimate of drug-likeness (QED) is 0.797. The molecule has 0 aliphatic heterocycles. The highest BCUT2D eigenvalue weighted by molar-refractivity contribution is 5.92. The Morgan fingerprint density at radius 3 is 2.81 bits per heavy atom. The van der Waals surface area contributed by atoms with E-state index in [9.17, 15) is 4.79 Å². The van der Waals surface area contributed by atoms with Gasteiger partial charge in [-0.2, -0.15) is 0 Å². The van der Waals surface area contributed by atoms with Gasteiger partial charge in [-0.25, -0.2) is 9.78 Å². The van der Waals surface area contributed by atoms with Crippen molar-refractivity contribution in [3.63, 3.8) is 0 Å². The SMILES string of the molecule is CCc1nc2cc(C(=O)O)ccc2n1Cc1cc(C)no1. The normalized spacial score (nSPS) is 11.1. The van der Waals surface area contributed by atoms with Crippen LogP contribution < -0.4 is 0 Å². The van der Waals surface area contributed by atoms with Gasteiger partial charge in [-0.15, -0.1) is 0 Å². The van der Waals surface area contributed by atoms with Crippen molar-refractivity contribution >= 4 is 17.0 Å². The lowest BCUT2D eigenvalue weighted by molar-refractivity contribution is 0.0697. The van der Waals surface area contributed by atoms with E-state index in [1.54, 1.807) is 18.2 Å². The second-order valence-corrected chi connectivity index (χ2v) is 4.91. The number of aromatic carboxylic acids is 1. The summed E-state index contributed by atoms with van der Waals surface area (Å²) in [6.07, 6.45) is 0.754. The summed E-state index contributed by atoms with van der Waals surface area (Å²) in [6.45, 7) is 4.42. The summed E-state index contributed by atoms with van der Waals surface area (Å²) in [5.74, 6) is 0.695. The number of aromatic nitrogens is 3. The number of imidazole rings is 1. The summed E-state index contributed by atoms with van der Waals surface area (Å²) in [6, 6.07) is 6.86. The molecule has 0 radical (unpaired) electrons. The predicted molar refractivity (Wildman–Crippen MR) is 76.4 cm³/mol. The molecule has 0 saturated heterocycles. The van der Waals surface area contributed by atoms with E-state index in [1.165, 1.54) is 0 Å². The molecule has 2 heterocycles. The summed E-state index contributed by atoms with van der Waals surface area (Å²) in [5.41, 5.74) is 2.65. The molecule has 21 heavy (non-hydrogen) atoms. The number of aryl methyl sites for hydroxylation is 2. The van der Waals surface area contributed by atoms with E-state index < -0.39 is 5.97 Å². The smallest absolute Gasteiger partial charge is 0.335 e. The molecule has 0 aliphatic carbocycles. The zero-order valence-electron chi connectivity index (χ0n) is 11.8. The molecule has 6 nitrogen and oxygen atoms in total. The standard InChI is InChI=1S/C15H15N3O3/c1-3-14-16-12-7-10(15(19)20)4-5-13(12)18(14)8-11-6-9(2)17-21-11/h4-7H,3,8H2,1-2H3,(H,19,20). The third-order valence-electron chi connectivity index (χ3n) is 3.38. The van der Waals surface area contributed by atoms with Gasteiger partial charge in [-0.3, -0.25) is 0 Å². The first-order valence-electron chi connectivity index (χ1n) is 6.73. The average Bonchev–Trinajstić information content (AvgIpc) is 3.02. The lowest BCUT2D eigenvalue weighted by atomic mass is 10.2. The maximum absolute atomic E-state index is 11.0. The Labute approximate surface area is 121 Å². The Balaban J connectivity index is 2.09. The Morgan fingerprint density at radius 2 is 2.19 bits per heavy atom. The molecule has 0 fully saturated rings. The maximum atomic E-state index is 11.0. The number of fused-ring (bicyclic) bond motifs is 1. The third-order valence-corrected chi connectivity index (χ3v) is 3.38. The van der Waals surface area contributed by atoms with Crippen molar-refractivity contribution in [2.45, 2.75) is 26.8 Å². The van der Waals surface area contributed by atoms with Gasteiger partial charge in [0, 0.05) is 12.5 Å². The highest BCUT2D eigenvalue weighted by atomic mass is 16.5. The minimum atomic E-state index is -0.949. The summed E-state index contributed by atoms with van der Waals surface area (Å²) in [7, 11) is 0. The van der Waals surface area contributed by atoms with E-state index in [2.05, 4.69) is 10.1 Å². The van der Waals surface area contributed by atoms with Gasteiger partial charge in [-0.05, 0) is 25.1 Å². The Hall–Kier alpha value is -2.63. The van der Waals surface area contributed by atoms with Crippen LogP contribution in [0.25, 0.3) is 11.0 Å². The summed E-state index contributed by atoms with van der Waals surface area (Å²) >= 11 is 0. The molecular weight excluding hydrogens is 270 g/mol. The molecule has 6 heteroatoms. The average molecular weight is 285 g/mol. The van der Waals surface area contributed by atoms with Crippen molar-refractivity contribution in [2.24, 2.45) is 0 Å². The molecule has 0 amide bonds. The second-order valence-electron chi connectivity index (χ2n) is 4.91. The fraction of sp³-hybridized carbons (Fsp3) is 0.267. The maximum Gasteiger partial charge on any atom is 0.335 e. The first-order chi connectivity index (χ1) is 10.1. The van der Waals surface area contributed by atoms with E-state index in [4.69, 9.17) is 9.63 Å². The molecule has 2 aromatic heterocycles. The predicted octanol–water partition coefficient (Wildman–Crippen LogP) is 2.64. The van der Waals surface area contributed by atoms with Gasteiger partial charge >= 0.3 is 5.97 Å². The molecule has 3 rings (SSSR count). The van der Waals surface area contributed by atoms with E-state index >= 15 is 0 Å². The van der Waals surface area contributed by atoms with Crippen LogP contribution in [0.2, 0.25) is 0 Å². The van der Waals surface area contributed by atoms with Crippen LogP contribution in [-0.4, -0.2) is 25.8 Å². The fourth-order valence-electron chi connectivity index (χ4n) is 2.41.